The molecule has 0 fully saturated rings. The number of hydrogen-bond acceptors (Lipinski definition) is 3. The van der Waals surface area contributed by atoms with E-state index in [9.17, 15) is 8.42 Å². The van der Waals surface area contributed by atoms with Gasteiger partial charge in [-0.05, 0) is 19.3 Å². The van der Waals surface area contributed by atoms with E-state index in [1.54, 1.807) is 17.9 Å². The Bertz CT molecular complexity index is 456. The van der Waals surface area contributed by atoms with Crippen LogP contribution in [0.5, 0.6) is 0 Å². The SMILES string of the molecule is CCc1nn(C)cc1NS(=O)(=O)CCCCCl. The predicted molar refractivity (Wildman–Crippen MR) is 69.9 cm³/mol. The second-order valence-corrected chi connectivity index (χ2v) is 6.05. The van der Waals surface area contributed by atoms with E-state index < -0.39 is 10.0 Å². The number of halogens is 1. The molecule has 0 aliphatic rings. The average molecular weight is 280 g/mol. The maximum atomic E-state index is 11.8. The zero-order chi connectivity index (χ0) is 12.9. The van der Waals surface area contributed by atoms with Gasteiger partial charge < -0.3 is 0 Å². The molecule has 0 unspecified atom stereocenters. The zero-order valence-electron chi connectivity index (χ0n) is 10.1. The summed E-state index contributed by atoms with van der Waals surface area (Å²) in [5, 5.41) is 4.18. The second kappa shape index (κ2) is 6.26. The number of aryl methyl sites for hydroxylation is 2. The lowest BCUT2D eigenvalue weighted by atomic mass is 10.3. The Kier molecular flexibility index (Phi) is 5.27. The van der Waals surface area contributed by atoms with Gasteiger partial charge in [0, 0.05) is 19.1 Å². The molecular weight excluding hydrogens is 262 g/mol. The van der Waals surface area contributed by atoms with Crippen LogP contribution in [0.15, 0.2) is 6.20 Å². The second-order valence-electron chi connectivity index (χ2n) is 3.83. The zero-order valence-corrected chi connectivity index (χ0v) is 11.7. The summed E-state index contributed by atoms with van der Waals surface area (Å²) in [7, 11) is -1.52. The molecular formula is C10H18ClN3O2S. The molecule has 0 saturated heterocycles. The van der Waals surface area contributed by atoms with Crippen molar-refractivity contribution in [1.29, 1.82) is 0 Å². The van der Waals surface area contributed by atoms with Crippen LogP contribution < -0.4 is 4.72 Å². The summed E-state index contributed by atoms with van der Waals surface area (Å²) in [6.45, 7) is 1.94. The molecule has 1 rings (SSSR count). The molecule has 0 aromatic carbocycles. The lowest BCUT2D eigenvalue weighted by Crippen LogP contribution is -2.17. The van der Waals surface area contributed by atoms with E-state index >= 15 is 0 Å². The van der Waals surface area contributed by atoms with Gasteiger partial charge in [-0.1, -0.05) is 6.92 Å². The van der Waals surface area contributed by atoms with Gasteiger partial charge in [0.1, 0.15) is 0 Å². The maximum absolute atomic E-state index is 11.8. The summed E-state index contributed by atoms with van der Waals surface area (Å²) in [5.74, 6) is 0.584. The van der Waals surface area contributed by atoms with Crippen molar-refractivity contribution in [3.8, 4) is 0 Å². The minimum absolute atomic E-state index is 0.0950. The maximum Gasteiger partial charge on any atom is 0.232 e. The molecule has 7 heteroatoms. The van der Waals surface area contributed by atoms with Crippen molar-refractivity contribution in [1.82, 2.24) is 9.78 Å². The summed E-state index contributed by atoms with van der Waals surface area (Å²) >= 11 is 5.51. The molecule has 0 bridgehead atoms. The number of nitrogens with one attached hydrogen (secondary N) is 1. The molecule has 1 N–H and O–H groups in total. The van der Waals surface area contributed by atoms with Crippen molar-refractivity contribution in [2.24, 2.45) is 7.05 Å². The van der Waals surface area contributed by atoms with E-state index in [1.807, 2.05) is 6.92 Å². The van der Waals surface area contributed by atoms with Gasteiger partial charge in [0.25, 0.3) is 0 Å². The fraction of sp³-hybridized carbons (Fsp3) is 0.700. The first kappa shape index (κ1) is 14.3. The van der Waals surface area contributed by atoms with Crippen molar-refractivity contribution in [3.63, 3.8) is 0 Å². The molecule has 0 amide bonds. The quantitative estimate of drug-likeness (QED) is 0.611. The van der Waals surface area contributed by atoms with Gasteiger partial charge in [-0.3, -0.25) is 9.40 Å². The van der Waals surface area contributed by atoms with Gasteiger partial charge in [0.05, 0.1) is 17.1 Å². The minimum atomic E-state index is -3.29. The summed E-state index contributed by atoms with van der Waals surface area (Å²) in [5.41, 5.74) is 1.33. The van der Waals surface area contributed by atoms with E-state index in [1.165, 1.54) is 0 Å². The standard InChI is InChI=1S/C10H18ClN3O2S/c1-3-9-10(8-14(2)12-9)13-17(15,16)7-5-4-6-11/h8,13H,3-7H2,1-2H3. The van der Waals surface area contributed by atoms with Crippen molar-refractivity contribution in [2.75, 3.05) is 16.4 Å². The Morgan fingerprint density at radius 2 is 2.18 bits per heavy atom. The average Bonchev–Trinajstić information content (AvgIpc) is 2.58. The molecule has 0 saturated carbocycles. The highest BCUT2D eigenvalue weighted by atomic mass is 35.5. The monoisotopic (exact) mass is 279 g/mol. The molecule has 0 spiro atoms. The van der Waals surface area contributed by atoms with E-state index in [-0.39, 0.29) is 5.75 Å². The van der Waals surface area contributed by atoms with Crippen molar-refractivity contribution in [2.45, 2.75) is 26.2 Å². The predicted octanol–water partition coefficient (Wildman–Crippen LogP) is 1.74. The number of alkyl halides is 1. The minimum Gasteiger partial charge on any atom is -0.280 e. The molecule has 0 aliphatic carbocycles. The number of hydrogen-bond donors (Lipinski definition) is 1. The van der Waals surface area contributed by atoms with Gasteiger partial charge >= 0.3 is 0 Å². The lowest BCUT2D eigenvalue weighted by molar-refractivity contribution is 0.598. The molecule has 0 aliphatic heterocycles. The van der Waals surface area contributed by atoms with Crippen LogP contribution >= 0.6 is 11.6 Å². The van der Waals surface area contributed by atoms with Crippen molar-refractivity contribution >= 4 is 27.3 Å². The fourth-order valence-corrected chi connectivity index (χ4v) is 2.87. The van der Waals surface area contributed by atoms with E-state index in [4.69, 9.17) is 11.6 Å². The Hall–Kier alpha value is -0.750. The third-order valence-electron chi connectivity index (χ3n) is 2.30. The van der Waals surface area contributed by atoms with Crippen LogP contribution in [0, 0.1) is 0 Å². The summed E-state index contributed by atoms with van der Waals surface area (Å²) in [4.78, 5) is 0. The van der Waals surface area contributed by atoms with Crippen LogP contribution in [0.2, 0.25) is 0 Å². The molecule has 17 heavy (non-hydrogen) atoms. The number of rotatable bonds is 7. The number of anilines is 1. The highest BCUT2D eigenvalue weighted by Gasteiger charge is 2.14. The largest absolute Gasteiger partial charge is 0.280 e. The summed E-state index contributed by atoms with van der Waals surface area (Å²) < 4.78 is 27.7. The molecule has 1 heterocycles. The molecule has 1 aromatic heterocycles. The van der Waals surface area contributed by atoms with Crippen LogP contribution in [0.1, 0.15) is 25.5 Å². The summed E-state index contributed by atoms with van der Waals surface area (Å²) in [6.07, 6.45) is 3.65. The van der Waals surface area contributed by atoms with Gasteiger partial charge in [-0.2, -0.15) is 5.10 Å². The molecule has 5 nitrogen and oxygen atoms in total. The van der Waals surface area contributed by atoms with E-state index in [0.717, 1.165) is 5.69 Å². The van der Waals surface area contributed by atoms with Gasteiger partial charge in [-0.15, -0.1) is 11.6 Å². The van der Waals surface area contributed by atoms with Crippen LogP contribution in [0.3, 0.4) is 0 Å². The number of aromatic nitrogens is 2. The van der Waals surface area contributed by atoms with Crippen LogP contribution in [-0.4, -0.2) is 29.8 Å². The van der Waals surface area contributed by atoms with E-state index in [2.05, 4.69) is 9.82 Å². The first-order chi connectivity index (χ1) is 7.98. The normalized spacial score (nSPS) is 11.7. The molecule has 0 radical (unpaired) electrons. The highest BCUT2D eigenvalue weighted by molar-refractivity contribution is 7.92. The Morgan fingerprint density at radius 3 is 2.76 bits per heavy atom. The smallest absolute Gasteiger partial charge is 0.232 e. The molecule has 1 aromatic rings. The van der Waals surface area contributed by atoms with Crippen LogP contribution in [-0.2, 0) is 23.5 Å². The van der Waals surface area contributed by atoms with Gasteiger partial charge in [0.2, 0.25) is 10.0 Å². The molecule has 98 valence electrons. The van der Waals surface area contributed by atoms with Crippen molar-refractivity contribution in [3.05, 3.63) is 11.9 Å². The topological polar surface area (TPSA) is 64.0 Å². The Morgan fingerprint density at radius 1 is 1.47 bits per heavy atom. The lowest BCUT2D eigenvalue weighted by Gasteiger charge is -2.06. The summed E-state index contributed by atoms with van der Waals surface area (Å²) in [6, 6.07) is 0. The van der Waals surface area contributed by atoms with Gasteiger partial charge in [-0.25, -0.2) is 8.42 Å². The third kappa shape index (κ3) is 4.55. The first-order valence-electron chi connectivity index (χ1n) is 5.57. The van der Waals surface area contributed by atoms with Crippen LogP contribution in [0.25, 0.3) is 0 Å². The number of sulfonamides is 1. The highest BCUT2D eigenvalue weighted by Crippen LogP contribution is 2.15. The Balaban J connectivity index is 2.69. The molecule has 0 atom stereocenters. The Labute approximate surface area is 107 Å². The number of unbranched alkanes of at least 4 members (excludes halogenated alkanes) is 1. The fourth-order valence-electron chi connectivity index (χ4n) is 1.49. The van der Waals surface area contributed by atoms with Gasteiger partial charge in [0.15, 0.2) is 0 Å². The third-order valence-corrected chi connectivity index (χ3v) is 3.93. The van der Waals surface area contributed by atoms with Crippen LogP contribution in [0.4, 0.5) is 5.69 Å². The number of nitrogens with zero attached hydrogens (tertiary/aromatic N) is 2. The first-order valence-corrected chi connectivity index (χ1v) is 7.76. The van der Waals surface area contributed by atoms with E-state index in [0.29, 0.717) is 30.8 Å². The van der Waals surface area contributed by atoms with Crippen molar-refractivity contribution < 1.29 is 8.42 Å².